The first kappa shape index (κ1) is 25.1. The van der Waals surface area contributed by atoms with Gasteiger partial charge < -0.3 is 16.0 Å². The highest BCUT2D eigenvalue weighted by Gasteiger charge is 2.39. The second-order valence-corrected chi connectivity index (χ2v) is 10.6. The molecule has 1 heterocycles. The van der Waals surface area contributed by atoms with Crippen molar-refractivity contribution in [3.05, 3.63) is 66.2 Å². The molecule has 5 rings (SSSR count). The number of amides is 2. The minimum atomic E-state index is -0.177. The molecule has 0 saturated heterocycles. The fourth-order valence-electron chi connectivity index (χ4n) is 5.34. The van der Waals surface area contributed by atoms with E-state index in [1.807, 2.05) is 48.3 Å². The summed E-state index contributed by atoms with van der Waals surface area (Å²) in [6.45, 7) is 1.61. The van der Waals surface area contributed by atoms with Gasteiger partial charge in [-0.3, -0.25) is 9.59 Å². The Morgan fingerprint density at radius 1 is 0.973 bits per heavy atom. The molecule has 2 amide bonds. The summed E-state index contributed by atoms with van der Waals surface area (Å²) in [6.07, 6.45) is 6.24. The van der Waals surface area contributed by atoms with E-state index in [4.69, 9.17) is 5.73 Å². The summed E-state index contributed by atoms with van der Waals surface area (Å²) in [6, 6.07) is 20.5. The maximum Gasteiger partial charge on any atom is 0.225 e. The molecule has 0 atom stereocenters. The molecule has 0 unspecified atom stereocenters. The minimum Gasteiger partial charge on any atom is -0.343 e. The van der Waals surface area contributed by atoms with Crippen LogP contribution >= 0.6 is 0 Å². The van der Waals surface area contributed by atoms with Crippen LogP contribution < -0.4 is 11.1 Å². The first-order valence-electron chi connectivity index (χ1n) is 13.2. The zero-order chi connectivity index (χ0) is 26.0. The van der Waals surface area contributed by atoms with Crippen molar-refractivity contribution in [3.8, 4) is 22.4 Å². The molecule has 2 aliphatic carbocycles. The summed E-state index contributed by atoms with van der Waals surface area (Å²) in [5.74, 6) is 0.812. The van der Waals surface area contributed by atoms with E-state index in [1.165, 1.54) is 0 Å². The monoisotopic (exact) mass is 497 g/mol. The molecule has 7 nitrogen and oxygen atoms in total. The summed E-state index contributed by atoms with van der Waals surface area (Å²) < 4.78 is 0. The van der Waals surface area contributed by atoms with Gasteiger partial charge >= 0.3 is 0 Å². The number of anilines is 1. The smallest absolute Gasteiger partial charge is 0.225 e. The largest absolute Gasteiger partial charge is 0.343 e. The zero-order valence-corrected chi connectivity index (χ0v) is 21.6. The summed E-state index contributed by atoms with van der Waals surface area (Å²) in [5, 5.41) is 11.9. The first-order chi connectivity index (χ1) is 17.8. The SMILES string of the molecule is CC(=O)N(C)[C@H]1CC[C@H](CC(=O)Nc2cc(-c3ccccc3)c(-c3ccc(C4(N)CC4)cc3)nn2)CC1. The van der Waals surface area contributed by atoms with Gasteiger partial charge in [-0.15, -0.1) is 10.2 Å². The maximum atomic E-state index is 12.9. The van der Waals surface area contributed by atoms with Crippen molar-refractivity contribution in [1.82, 2.24) is 15.1 Å². The van der Waals surface area contributed by atoms with E-state index in [2.05, 4.69) is 39.8 Å². The molecule has 0 bridgehead atoms. The zero-order valence-electron chi connectivity index (χ0n) is 21.6. The van der Waals surface area contributed by atoms with E-state index in [0.717, 1.165) is 66.5 Å². The normalized spacial score (nSPS) is 20.2. The highest BCUT2D eigenvalue weighted by molar-refractivity contribution is 5.91. The van der Waals surface area contributed by atoms with Crippen LogP contribution in [0.5, 0.6) is 0 Å². The molecule has 2 aromatic carbocycles. The fourth-order valence-corrected chi connectivity index (χ4v) is 5.34. The Hall–Kier alpha value is -3.58. The van der Waals surface area contributed by atoms with Gasteiger partial charge in [0.1, 0.15) is 5.69 Å². The van der Waals surface area contributed by atoms with Crippen molar-refractivity contribution in [3.63, 3.8) is 0 Å². The first-order valence-corrected chi connectivity index (χ1v) is 13.2. The van der Waals surface area contributed by atoms with Crippen LogP contribution in [-0.4, -0.2) is 40.0 Å². The summed E-state index contributed by atoms with van der Waals surface area (Å²) in [4.78, 5) is 26.4. The summed E-state index contributed by atoms with van der Waals surface area (Å²) >= 11 is 0. The molecule has 37 heavy (non-hydrogen) atoms. The lowest BCUT2D eigenvalue weighted by Crippen LogP contribution is -2.38. The average Bonchev–Trinajstić information content (AvgIpc) is 3.67. The molecule has 0 spiro atoms. The molecule has 0 aliphatic heterocycles. The van der Waals surface area contributed by atoms with Crippen molar-refractivity contribution < 1.29 is 9.59 Å². The van der Waals surface area contributed by atoms with Crippen LogP contribution in [0.25, 0.3) is 22.4 Å². The number of carbonyl (C=O) groups is 2. The lowest BCUT2D eigenvalue weighted by molar-refractivity contribution is -0.130. The number of nitrogens with zero attached hydrogens (tertiary/aromatic N) is 3. The van der Waals surface area contributed by atoms with Crippen molar-refractivity contribution >= 4 is 17.6 Å². The van der Waals surface area contributed by atoms with Gasteiger partial charge in [-0.05, 0) is 61.6 Å². The van der Waals surface area contributed by atoms with Crippen LogP contribution in [0.4, 0.5) is 5.82 Å². The standard InChI is InChI=1S/C30H35N5O2/c1-20(36)35(2)25-14-8-21(9-15-25)18-28(37)32-27-19-26(22-6-4-3-5-7-22)29(34-33-27)23-10-12-24(13-11-23)30(31)16-17-30/h3-7,10-13,19,21,25H,8-9,14-18,31H2,1-2H3,(H,32,33,37)/t21-,25-. The Kier molecular flexibility index (Phi) is 7.07. The maximum absolute atomic E-state index is 12.9. The van der Waals surface area contributed by atoms with Gasteiger partial charge in [0.05, 0.1) is 0 Å². The number of rotatable bonds is 7. The molecule has 7 heteroatoms. The topological polar surface area (TPSA) is 101 Å². The third kappa shape index (κ3) is 5.72. The van der Waals surface area contributed by atoms with E-state index >= 15 is 0 Å². The molecule has 2 saturated carbocycles. The Labute approximate surface area is 218 Å². The third-order valence-corrected chi connectivity index (χ3v) is 8.00. The van der Waals surface area contributed by atoms with E-state index in [9.17, 15) is 9.59 Å². The number of carbonyl (C=O) groups excluding carboxylic acids is 2. The number of nitrogens with one attached hydrogen (secondary N) is 1. The number of hydrogen-bond acceptors (Lipinski definition) is 5. The average molecular weight is 498 g/mol. The van der Waals surface area contributed by atoms with Crippen LogP contribution in [0.15, 0.2) is 60.7 Å². The molecule has 2 aliphatic rings. The molecular weight excluding hydrogens is 462 g/mol. The van der Waals surface area contributed by atoms with Gasteiger partial charge in [-0.25, -0.2) is 0 Å². The van der Waals surface area contributed by atoms with Crippen LogP contribution in [0, 0.1) is 5.92 Å². The third-order valence-electron chi connectivity index (χ3n) is 8.00. The van der Waals surface area contributed by atoms with Crippen LogP contribution in [0.3, 0.4) is 0 Å². The summed E-state index contributed by atoms with van der Waals surface area (Å²) in [7, 11) is 1.86. The Balaban J connectivity index is 1.30. The molecule has 3 N–H and O–H groups in total. The minimum absolute atomic E-state index is 0.0496. The Bertz CT molecular complexity index is 1260. The van der Waals surface area contributed by atoms with E-state index < -0.39 is 0 Å². The molecule has 1 aromatic heterocycles. The fraction of sp³-hybridized carbons (Fsp3) is 0.400. The Morgan fingerprint density at radius 2 is 1.65 bits per heavy atom. The van der Waals surface area contributed by atoms with E-state index in [1.54, 1.807) is 6.92 Å². The molecule has 2 fully saturated rings. The van der Waals surface area contributed by atoms with Gasteiger partial charge in [-0.2, -0.15) is 0 Å². The van der Waals surface area contributed by atoms with Crippen LogP contribution in [0.2, 0.25) is 0 Å². The lowest BCUT2D eigenvalue weighted by atomic mass is 9.83. The van der Waals surface area contributed by atoms with E-state index in [-0.39, 0.29) is 23.4 Å². The van der Waals surface area contributed by atoms with Crippen molar-refractivity contribution in [1.29, 1.82) is 0 Å². The molecule has 192 valence electrons. The molecule has 0 radical (unpaired) electrons. The van der Waals surface area contributed by atoms with Gasteiger partial charge in [0.15, 0.2) is 5.82 Å². The number of aromatic nitrogens is 2. The van der Waals surface area contributed by atoms with Crippen molar-refractivity contribution in [2.24, 2.45) is 11.7 Å². The van der Waals surface area contributed by atoms with Gasteiger partial charge in [0, 0.05) is 43.1 Å². The summed E-state index contributed by atoms with van der Waals surface area (Å²) in [5.41, 5.74) is 11.0. The van der Waals surface area contributed by atoms with Gasteiger partial charge in [-0.1, -0.05) is 54.6 Å². The quantitative estimate of drug-likeness (QED) is 0.472. The predicted molar refractivity (Wildman–Crippen MR) is 145 cm³/mol. The molecule has 3 aromatic rings. The highest BCUT2D eigenvalue weighted by Crippen LogP contribution is 2.43. The predicted octanol–water partition coefficient (Wildman–Crippen LogP) is 5.12. The van der Waals surface area contributed by atoms with Crippen molar-refractivity contribution in [2.75, 3.05) is 12.4 Å². The number of hydrogen-bond donors (Lipinski definition) is 2. The second kappa shape index (κ2) is 10.4. The lowest BCUT2D eigenvalue weighted by Gasteiger charge is -2.34. The van der Waals surface area contributed by atoms with Crippen LogP contribution in [0.1, 0.15) is 57.4 Å². The molecular formula is C30H35N5O2. The van der Waals surface area contributed by atoms with Gasteiger partial charge in [0.2, 0.25) is 11.8 Å². The Morgan fingerprint density at radius 3 is 2.27 bits per heavy atom. The van der Waals surface area contributed by atoms with E-state index in [0.29, 0.717) is 18.2 Å². The second-order valence-electron chi connectivity index (χ2n) is 10.6. The number of benzene rings is 2. The highest BCUT2D eigenvalue weighted by atomic mass is 16.2. The van der Waals surface area contributed by atoms with Crippen molar-refractivity contribution in [2.45, 2.75) is 63.5 Å². The van der Waals surface area contributed by atoms with Gasteiger partial charge in [0.25, 0.3) is 0 Å². The number of nitrogens with two attached hydrogens (primary N) is 1. The van der Waals surface area contributed by atoms with Crippen LogP contribution in [-0.2, 0) is 15.1 Å².